The molecule has 0 aliphatic carbocycles. The summed E-state index contributed by atoms with van der Waals surface area (Å²) < 4.78 is 1.65. The van der Waals surface area contributed by atoms with Gasteiger partial charge in [0.25, 0.3) is 5.91 Å². The average Bonchev–Trinajstić information content (AvgIpc) is 2.95. The van der Waals surface area contributed by atoms with Crippen molar-refractivity contribution >= 4 is 16.9 Å². The number of hydrogen-bond donors (Lipinski definition) is 2. The number of carbonyl (C=O) groups excluding carboxylic acids is 1. The summed E-state index contributed by atoms with van der Waals surface area (Å²) in [6.07, 6.45) is 1.48. The van der Waals surface area contributed by atoms with Crippen molar-refractivity contribution in [3.8, 4) is 0 Å². The van der Waals surface area contributed by atoms with Gasteiger partial charge in [0.05, 0.1) is 23.3 Å². The Morgan fingerprint density at radius 3 is 2.76 bits per heavy atom. The zero-order chi connectivity index (χ0) is 18.0. The summed E-state index contributed by atoms with van der Waals surface area (Å²) in [7, 11) is 1.80. The predicted octanol–water partition coefficient (Wildman–Crippen LogP) is 2.52. The number of benzene rings is 1. The van der Waals surface area contributed by atoms with Crippen LogP contribution in [0.15, 0.2) is 42.6 Å². The molecule has 6 heteroatoms. The quantitative estimate of drug-likeness (QED) is 0.749. The molecule has 25 heavy (non-hydrogen) atoms. The number of aryl methyl sites for hydroxylation is 2. The lowest BCUT2D eigenvalue weighted by molar-refractivity contribution is 0.0918. The van der Waals surface area contributed by atoms with Gasteiger partial charge in [0, 0.05) is 18.8 Å². The molecule has 1 aromatic carbocycles. The lowest BCUT2D eigenvalue weighted by Gasteiger charge is -2.18. The number of rotatable bonds is 5. The second-order valence-corrected chi connectivity index (χ2v) is 6.35. The Morgan fingerprint density at radius 2 is 2.04 bits per heavy atom. The Labute approximate surface area is 146 Å². The Balaban J connectivity index is 1.74. The van der Waals surface area contributed by atoms with Gasteiger partial charge in [-0.2, -0.15) is 5.10 Å². The van der Waals surface area contributed by atoms with E-state index in [-0.39, 0.29) is 11.9 Å². The second-order valence-electron chi connectivity index (χ2n) is 6.35. The van der Waals surface area contributed by atoms with Crippen molar-refractivity contribution in [2.45, 2.75) is 32.4 Å². The van der Waals surface area contributed by atoms with Crippen molar-refractivity contribution in [3.05, 3.63) is 59.4 Å². The number of pyridine rings is 1. The summed E-state index contributed by atoms with van der Waals surface area (Å²) in [4.78, 5) is 17.1. The van der Waals surface area contributed by atoms with E-state index in [4.69, 9.17) is 0 Å². The summed E-state index contributed by atoms with van der Waals surface area (Å²) in [6, 6.07) is 11.0. The zero-order valence-corrected chi connectivity index (χ0v) is 14.6. The van der Waals surface area contributed by atoms with Gasteiger partial charge in [-0.15, -0.1) is 0 Å². The molecule has 2 unspecified atom stereocenters. The fraction of sp³-hybridized carbons (Fsp3) is 0.316. The molecule has 0 radical (unpaired) electrons. The molecule has 0 bridgehead atoms. The first-order valence-corrected chi connectivity index (χ1v) is 8.29. The van der Waals surface area contributed by atoms with Gasteiger partial charge < -0.3 is 10.4 Å². The Bertz CT molecular complexity index is 889. The zero-order valence-electron chi connectivity index (χ0n) is 14.6. The lowest BCUT2D eigenvalue weighted by atomic mass is 10.0. The highest BCUT2D eigenvalue weighted by molar-refractivity contribution is 6.05. The standard InChI is InChI=1S/C19H22N4O2/c1-12-9-15(16-11-20-23(3)18(16)21-12)19(25)22-13(2)10-17(24)14-7-5-4-6-8-14/h4-9,11,13,17,24H,10H2,1-3H3,(H,22,25). The smallest absolute Gasteiger partial charge is 0.252 e. The number of aromatic nitrogens is 3. The highest BCUT2D eigenvalue weighted by atomic mass is 16.3. The van der Waals surface area contributed by atoms with Crippen LogP contribution in [0.4, 0.5) is 0 Å². The Hall–Kier alpha value is -2.73. The third kappa shape index (κ3) is 3.69. The summed E-state index contributed by atoms with van der Waals surface area (Å²) in [5.74, 6) is -0.184. The maximum Gasteiger partial charge on any atom is 0.252 e. The fourth-order valence-corrected chi connectivity index (χ4v) is 2.93. The molecule has 0 fully saturated rings. The van der Waals surface area contributed by atoms with E-state index in [0.29, 0.717) is 17.6 Å². The van der Waals surface area contributed by atoms with E-state index >= 15 is 0 Å². The molecular weight excluding hydrogens is 316 g/mol. The van der Waals surface area contributed by atoms with Crippen molar-refractivity contribution in [1.29, 1.82) is 0 Å². The maximum atomic E-state index is 12.7. The van der Waals surface area contributed by atoms with E-state index in [9.17, 15) is 9.90 Å². The largest absolute Gasteiger partial charge is 0.388 e. The topological polar surface area (TPSA) is 80.0 Å². The minimum Gasteiger partial charge on any atom is -0.388 e. The van der Waals surface area contributed by atoms with Crippen LogP contribution in [0, 0.1) is 6.92 Å². The number of aliphatic hydroxyl groups excluding tert-OH is 1. The van der Waals surface area contributed by atoms with Crippen molar-refractivity contribution in [3.63, 3.8) is 0 Å². The molecule has 0 aliphatic heterocycles. The number of aliphatic hydroxyl groups is 1. The molecular formula is C19H22N4O2. The molecule has 3 rings (SSSR count). The van der Waals surface area contributed by atoms with Crippen LogP contribution in [0.1, 0.15) is 41.1 Å². The summed E-state index contributed by atoms with van der Waals surface area (Å²) >= 11 is 0. The summed E-state index contributed by atoms with van der Waals surface area (Å²) in [5, 5.41) is 18.2. The van der Waals surface area contributed by atoms with Crippen LogP contribution >= 0.6 is 0 Å². The monoisotopic (exact) mass is 338 g/mol. The van der Waals surface area contributed by atoms with E-state index in [2.05, 4.69) is 15.4 Å². The highest BCUT2D eigenvalue weighted by Crippen LogP contribution is 2.20. The number of carbonyl (C=O) groups is 1. The first-order valence-electron chi connectivity index (χ1n) is 8.29. The van der Waals surface area contributed by atoms with Crippen LogP contribution < -0.4 is 5.32 Å². The van der Waals surface area contributed by atoms with E-state index < -0.39 is 6.10 Å². The molecule has 130 valence electrons. The van der Waals surface area contributed by atoms with Crippen LogP contribution in [0.2, 0.25) is 0 Å². The Kier molecular flexibility index (Phi) is 4.81. The van der Waals surface area contributed by atoms with Crippen LogP contribution in [0.5, 0.6) is 0 Å². The van der Waals surface area contributed by atoms with Crippen molar-refractivity contribution in [2.24, 2.45) is 7.05 Å². The van der Waals surface area contributed by atoms with E-state index in [1.165, 1.54) is 0 Å². The minimum absolute atomic E-state index is 0.178. The number of fused-ring (bicyclic) bond motifs is 1. The van der Waals surface area contributed by atoms with Crippen molar-refractivity contribution in [1.82, 2.24) is 20.1 Å². The molecule has 2 aromatic heterocycles. The van der Waals surface area contributed by atoms with E-state index in [1.807, 2.05) is 44.2 Å². The second kappa shape index (κ2) is 7.03. The van der Waals surface area contributed by atoms with Crippen LogP contribution in [-0.4, -0.2) is 31.8 Å². The van der Waals surface area contributed by atoms with Gasteiger partial charge in [0.1, 0.15) is 0 Å². The number of nitrogens with zero attached hydrogens (tertiary/aromatic N) is 3. The average molecular weight is 338 g/mol. The van der Waals surface area contributed by atoms with E-state index in [1.54, 1.807) is 24.0 Å². The number of amides is 1. The first kappa shape index (κ1) is 17.1. The molecule has 1 amide bonds. The van der Waals surface area contributed by atoms with E-state index in [0.717, 1.165) is 16.6 Å². The van der Waals surface area contributed by atoms with Gasteiger partial charge in [0.15, 0.2) is 5.65 Å². The van der Waals surface area contributed by atoms with Gasteiger partial charge in [-0.25, -0.2) is 4.98 Å². The molecule has 6 nitrogen and oxygen atoms in total. The van der Waals surface area contributed by atoms with Gasteiger partial charge in [-0.1, -0.05) is 30.3 Å². The fourth-order valence-electron chi connectivity index (χ4n) is 2.93. The lowest BCUT2D eigenvalue weighted by Crippen LogP contribution is -2.34. The van der Waals surface area contributed by atoms with Gasteiger partial charge in [-0.3, -0.25) is 9.48 Å². The predicted molar refractivity (Wildman–Crippen MR) is 96.2 cm³/mol. The van der Waals surface area contributed by atoms with Crippen molar-refractivity contribution in [2.75, 3.05) is 0 Å². The molecule has 0 aliphatic rings. The third-order valence-electron chi connectivity index (χ3n) is 4.22. The first-order chi connectivity index (χ1) is 12.0. The molecule has 0 saturated heterocycles. The molecule has 2 heterocycles. The Morgan fingerprint density at radius 1 is 1.32 bits per heavy atom. The minimum atomic E-state index is -0.617. The van der Waals surface area contributed by atoms with Gasteiger partial charge >= 0.3 is 0 Å². The molecule has 2 N–H and O–H groups in total. The SMILES string of the molecule is Cc1cc(C(=O)NC(C)CC(O)c2ccccc2)c2cnn(C)c2n1. The summed E-state index contributed by atoms with van der Waals surface area (Å²) in [6.45, 7) is 3.74. The molecule has 2 atom stereocenters. The van der Waals surface area contributed by atoms with Crippen LogP contribution in [-0.2, 0) is 7.05 Å². The molecule has 0 spiro atoms. The van der Waals surface area contributed by atoms with Gasteiger partial charge in [-0.05, 0) is 31.9 Å². The van der Waals surface area contributed by atoms with Crippen LogP contribution in [0.25, 0.3) is 11.0 Å². The van der Waals surface area contributed by atoms with Crippen LogP contribution in [0.3, 0.4) is 0 Å². The molecule has 0 saturated carbocycles. The third-order valence-corrected chi connectivity index (χ3v) is 4.22. The normalized spacial score (nSPS) is 13.6. The summed E-state index contributed by atoms with van der Waals surface area (Å²) in [5.41, 5.74) is 2.84. The highest BCUT2D eigenvalue weighted by Gasteiger charge is 2.18. The maximum absolute atomic E-state index is 12.7. The number of hydrogen-bond acceptors (Lipinski definition) is 4. The molecule has 3 aromatic rings. The number of nitrogens with one attached hydrogen (secondary N) is 1. The van der Waals surface area contributed by atoms with Gasteiger partial charge in [0.2, 0.25) is 0 Å². The van der Waals surface area contributed by atoms with Crippen molar-refractivity contribution < 1.29 is 9.90 Å².